The fraction of sp³-hybridized carbons (Fsp3) is 0.462. The van der Waals surface area contributed by atoms with E-state index in [4.69, 9.17) is 4.74 Å². The third-order valence-electron chi connectivity index (χ3n) is 2.16. The predicted molar refractivity (Wildman–Crippen MR) is 69.4 cm³/mol. The zero-order valence-corrected chi connectivity index (χ0v) is 11.1. The van der Waals surface area contributed by atoms with Gasteiger partial charge >= 0.3 is 0 Å². The SMILES string of the molecule is COc1ccc(C(=O)CSCC(C)C)cc1F. The maximum absolute atomic E-state index is 13.4. The van der Waals surface area contributed by atoms with Crippen molar-refractivity contribution in [2.24, 2.45) is 5.92 Å². The zero-order valence-electron chi connectivity index (χ0n) is 10.3. The van der Waals surface area contributed by atoms with Crippen LogP contribution in [-0.4, -0.2) is 24.4 Å². The molecule has 1 aromatic carbocycles. The highest BCUT2D eigenvalue weighted by Crippen LogP contribution is 2.19. The number of Topliss-reactive ketones (excluding diaryl/α,β-unsaturated/α-hetero) is 1. The van der Waals surface area contributed by atoms with E-state index in [2.05, 4.69) is 13.8 Å². The Bertz CT molecular complexity index is 391. The molecule has 0 amide bonds. The summed E-state index contributed by atoms with van der Waals surface area (Å²) >= 11 is 1.58. The first-order valence-corrected chi connectivity index (χ1v) is 6.64. The van der Waals surface area contributed by atoms with Crippen LogP contribution in [0.5, 0.6) is 5.75 Å². The number of hydrogen-bond acceptors (Lipinski definition) is 3. The van der Waals surface area contributed by atoms with E-state index < -0.39 is 5.82 Å². The zero-order chi connectivity index (χ0) is 12.8. The van der Waals surface area contributed by atoms with Crippen LogP contribution in [0.2, 0.25) is 0 Å². The van der Waals surface area contributed by atoms with Crippen LogP contribution in [0.25, 0.3) is 0 Å². The molecule has 0 saturated heterocycles. The van der Waals surface area contributed by atoms with Crippen molar-refractivity contribution in [1.82, 2.24) is 0 Å². The molecule has 0 heterocycles. The molecular weight excluding hydrogens is 239 g/mol. The first-order valence-electron chi connectivity index (χ1n) is 5.49. The van der Waals surface area contributed by atoms with Crippen molar-refractivity contribution in [1.29, 1.82) is 0 Å². The Morgan fingerprint density at radius 2 is 2.18 bits per heavy atom. The molecule has 0 aromatic heterocycles. The molecule has 0 unspecified atom stereocenters. The van der Waals surface area contributed by atoms with E-state index in [0.717, 1.165) is 5.75 Å². The number of halogens is 1. The van der Waals surface area contributed by atoms with Crippen molar-refractivity contribution in [3.8, 4) is 5.75 Å². The molecule has 4 heteroatoms. The lowest BCUT2D eigenvalue weighted by atomic mass is 10.1. The molecule has 0 aliphatic heterocycles. The molecule has 0 radical (unpaired) electrons. The summed E-state index contributed by atoms with van der Waals surface area (Å²) in [6.45, 7) is 4.20. The number of ether oxygens (including phenoxy) is 1. The number of thioether (sulfide) groups is 1. The highest BCUT2D eigenvalue weighted by atomic mass is 32.2. The van der Waals surface area contributed by atoms with Crippen molar-refractivity contribution < 1.29 is 13.9 Å². The minimum Gasteiger partial charge on any atom is -0.494 e. The van der Waals surface area contributed by atoms with Crippen LogP contribution in [0.3, 0.4) is 0 Å². The average molecular weight is 256 g/mol. The molecule has 0 atom stereocenters. The van der Waals surface area contributed by atoms with Crippen molar-refractivity contribution in [3.05, 3.63) is 29.6 Å². The average Bonchev–Trinajstić information content (AvgIpc) is 2.28. The van der Waals surface area contributed by atoms with E-state index in [9.17, 15) is 9.18 Å². The topological polar surface area (TPSA) is 26.3 Å². The Hall–Kier alpha value is -1.03. The quantitative estimate of drug-likeness (QED) is 0.730. The van der Waals surface area contributed by atoms with Crippen LogP contribution in [0.15, 0.2) is 18.2 Å². The summed E-state index contributed by atoms with van der Waals surface area (Å²) in [5, 5.41) is 0. The van der Waals surface area contributed by atoms with Gasteiger partial charge in [-0.15, -0.1) is 0 Å². The standard InChI is InChI=1S/C13H17FO2S/c1-9(2)7-17-8-12(15)10-4-5-13(16-3)11(14)6-10/h4-6,9H,7-8H2,1-3H3. The minimum absolute atomic E-state index is 0.0443. The Morgan fingerprint density at radius 1 is 1.47 bits per heavy atom. The molecule has 2 nitrogen and oxygen atoms in total. The second-order valence-corrected chi connectivity index (χ2v) is 5.21. The third-order valence-corrected chi connectivity index (χ3v) is 3.53. The van der Waals surface area contributed by atoms with Gasteiger partial charge in [-0.3, -0.25) is 4.79 Å². The normalized spacial score (nSPS) is 10.6. The van der Waals surface area contributed by atoms with E-state index >= 15 is 0 Å². The number of ketones is 1. The molecule has 0 bridgehead atoms. The predicted octanol–water partition coefficient (Wildman–Crippen LogP) is 3.41. The van der Waals surface area contributed by atoms with Crippen molar-refractivity contribution in [2.45, 2.75) is 13.8 Å². The number of methoxy groups -OCH3 is 1. The molecule has 1 rings (SSSR count). The fourth-order valence-electron chi connectivity index (χ4n) is 1.31. The second-order valence-electron chi connectivity index (χ2n) is 4.18. The Morgan fingerprint density at radius 3 is 2.71 bits per heavy atom. The number of hydrogen-bond donors (Lipinski definition) is 0. The summed E-state index contributed by atoms with van der Waals surface area (Å²) in [4.78, 5) is 11.7. The number of rotatable bonds is 6. The fourth-order valence-corrected chi connectivity index (χ4v) is 2.25. The van der Waals surface area contributed by atoms with Crippen LogP contribution in [0, 0.1) is 11.7 Å². The third kappa shape index (κ3) is 4.38. The smallest absolute Gasteiger partial charge is 0.172 e. The minimum atomic E-state index is -0.493. The van der Waals surface area contributed by atoms with Gasteiger partial charge in [0, 0.05) is 5.56 Å². The highest BCUT2D eigenvalue weighted by Gasteiger charge is 2.10. The number of carbonyl (C=O) groups is 1. The molecule has 0 aliphatic rings. The van der Waals surface area contributed by atoms with Gasteiger partial charge in [0.15, 0.2) is 17.3 Å². The van der Waals surface area contributed by atoms with Gasteiger partial charge < -0.3 is 4.74 Å². The van der Waals surface area contributed by atoms with Gasteiger partial charge in [-0.05, 0) is 29.9 Å². The second kappa shape index (κ2) is 6.64. The summed E-state index contributed by atoms with van der Waals surface area (Å²) in [6.07, 6.45) is 0. The molecule has 0 aliphatic carbocycles. The molecule has 0 spiro atoms. The maximum Gasteiger partial charge on any atom is 0.172 e. The van der Waals surface area contributed by atoms with Gasteiger partial charge in [0.2, 0.25) is 0 Å². The summed E-state index contributed by atoms with van der Waals surface area (Å²) < 4.78 is 18.2. The van der Waals surface area contributed by atoms with Gasteiger partial charge in [0.25, 0.3) is 0 Å². The van der Waals surface area contributed by atoms with Crippen molar-refractivity contribution in [2.75, 3.05) is 18.6 Å². The van der Waals surface area contributed by atoms with Crippen LogP contribution >= 0.6 is 11.8 Å². The highest BCUT2D eigenvalue weighted by molar-refractivity contribution is 7.99. The van der Waals surface area contributed by atoms with Gasteiger partial charge in [0.05, 0.1) is 12.9 Å². The van der Waals surface area contributed by atoms with Gasteiger partial charge in [-0.25, -0.2) is 4.39 Å². The largest absolute Gasteiger partial charge is 0.494 e. The molecule has 94 valence electrons. The van der Waals surface area contributed by atoms with Crippen LogP contribution < -0.4 is 4.74 Å². The van der Waals surface area contributed by atoms with E-state index in [1.54, 1.807) is 17.8 Å². The number of carbonyl (C=O) groups excluding carboxylic acids is 1. The molecule has 0 N–H and O–H groups in total. The van der Waals surface area contributed by atoms with E-state index in [1.165, 1.54) is 19.2 Å². The van der Waals surface area contributed by atoms with Crippen LogP contribution in [-0.2, 0) is 0 Å². The lowest BCUT2D eigenvalue weighted by Gasteiger charge is -2.06. The summed E-state index contributed by atoms with van der Waals surface area (Å²) in [5.74, 6) is 1.51. The lowest BCUT2D eigenvalue weighted by molar-refractivity contribution is 0.102. The molecule has 0 saturated carbocycles. The summed E-state index contributed by atoms with van der Waals surface area (Å²) in [6, 6.07) is 4.31. The lowest BCUT2D eigenvalue weighted by Crippen LogP contribution is -2.05. The molecule has 17 heavy (non-hydrogen) atoms. The Kier molecular flexibility index (Phi) is 5.48. The first kappa shape index (κ1) is 14.0. The number of benzene rings is 1. The van der Waals surface area contributed by atoms with Crippen molar-refractivity contribution in [3.63, 3.8) is 0 Å². The van der Waals surface area contributed by atoms with Gasteiger partial charge in [-0.2, -0.15) is 11.8 Å². The van der Waals surface area contributed by atoms with Gasteiger partial charge in [-0.1, -0.05) is 13.8 Å². The monoisotopic (exact) mass is 256 g/mol. The van der Waals surface area contributed by atoms with E-state index in [0.29, 0.717) is 17.2 Å². The van der Waals surface area contributed by atoms with E-state index in [-0.39, 0.29) is 11.5 Å². The Balaban J connectivity index is 2.60. The van der Waals surface area contributed by atoms with Crippen molar-refractivity contribution >= 4 is 17.5 Å². The molecule has 0 fully saturated rings. The van der Waals surface area contributed by atoms with E-state index in [1.807, 2.05) is 0 Å². The summed E-state index contributed by atoms with van der Waals surface area (Å²) in [7, 11) is 1.40. The maximum atomic E-state index is 13.4. The van der Waals surface area contributed by atoms with Crippen LogP contribution in [0.1, 0.15) is 24.2 Å². The molecule has 1 aromatic rings. The van der Waals surface area contributed by atoms with Gasteiger partial charge in [0.1, 0.15) is 0 Å². The summed E-state index contributed by atoms with van der Waals surface area (Å²) in [5.41, 5.74) is 0.402. The first-order chi connectivity index (χ1) is 8.04. The Labute approximate surface area is 106 Å². The molecular formula is C13H17FO2S. The van der Waals surface area contributed by atoms with Crippen LogP contribution in [0.4, 0.5) is 4.39 Å².